The molecule has 0 bridgehead atoms. The Morgan fingerprint density at radius 2 is 2.24 bits per heavy atom. The Bertz CT molecular complexity index is 838. The molecular weight excluding hydrogens is 280 g/mol. The lowest BCUT2D eigenvalue weighted by molar-refractivity contribution is -0.131. The monoisotopic (exact) mass is 288 g/mol. The van der Waals surface area contributed by atoms with Crippen molar-refractivity contribution >= 4 is 22.7 Å². The lowest BCUT2D eigenvalue weighted by atomic mass is 10.1. The molecule has 0 atom stereocenters. The van der Waals surface area contributed by atoms with Crippen LogP contribution >= 0.6 is 0 Å². The number of ether oxygens (including phenoxy) is 1. The average Bonchev–Trinajstić information content (AvgIpc) is 3.14. The van der Waals surface area contributed by atoms with Crippen LogP contribution in [0, 0.1) is 0 Å². The second-order valence-electron chi connectivity index (χ2n) is 3.99. The Hall–Kier alpha value is -3.30. The maximum absolute atomic E-state index is 11.7. The van der Waals surface area contributed by atoms with Crippen LogP contribution in [0.2, 0.25) is 0 Å². The zero-order valence-corrected chi connectivity index (χ0v) is 10.6. The highest BCUT2D eigenvalue weighted by molar-refractivity contribution is 6.42. The smallest absolute Gasteiger partial charge is 0.377 e. The summed E-state index contributed by atoms with van der Waals surface area (Å²) in [5.41, 5.74) is 0.373. The van der Waals surface area contributed by atoms with Crippen molar-refractivity contribution in [3.63, 3.8) is 0 Å². The molecule has 0 saturated heterocycles. The highest BCUT2D eigenvalue weighted by Gasteiger charge is 2.24. The second-order valence-corrected chi connectivity index (χ2v) is 3.99. The molecule has 0 fully saturated rings. The minimum atomic E-state index is -1.56. The van der Waals surface area contributed by atoms with Crippen LogP contribution < -0.4 is 4.74 Å². The molecule has 0 unspecified atom stereocenters. The zero-order chi connectivity index (χ0) is 15.0. The van der Waals surface area contributed by atoms with E-state index in [1.165, 1.54) is 30.5 Å². The number of aromatic amines is 1. The normalized spacial score (nSPS) is 10.7. The van der Waals surface area contributed by atoms with Crippen molar-refractivity contribution in [1.82, 2.24) is 30.2 Å². The number of nitrogens with zero attached hydrogens (tertiary/aromatic N) is 5. The van der Waals surface area contributed by atoms with Crippen molar-refractivity contribution in [3.8, 4) is 11.6 Å². The molecule has 0 spiro atoms. The molecule has 3 aromatic rings. The first-order valence-corrected chi connectivity index (χ1v) is 5.68. The van der Waals surface area contributed by atoms with Gasteiger partial charge < -0.3 is 14.8 Å². The largest absolute Gasteiger partial charge is 0.494 e. The minimum Gasteiger partial charge on any atom is -0.494 e. The number of nitrogens with one attached hydrogen (secondary N) is 1. The van der Waals surface area contributed by atoms with Crippen molar-refractivity contribution in [1.29, 1.82) is 0 Å². The average molecular weight is 288 g/mol. The van der Waals surface area contributed by atoms with Crippen LogP contribution in [0.1, 0.15) is 10.4 Å². The topological polar surface area (TPSA) is 136 Å². The summed E-state index contributed by atoms with van der Waals surface area (Å²) in [6, 6.07) is 0. The fourth-order valence-electron chi connectivity index (χ4n) is 1.99. The number of carboxylic acids is 1. The van der Waals surface area contributed by atoms with E-state index in [9.17, 15) is 9.59 Å². The Kier molecular flexibility index (Phi) is 2.83. The number of carbonyl (C=O) groups is 2. The summed E-state index contributed by atoms with van der Waals surface area (Å²) in [6.07, 6.45) is 3.98. The summed E-state index contributed by atoms with van der Waals surface area (Å²) >= 11 is 0. The van der Waals surface area contributed by atoms with Crippen LogP contribution in [0.5, 0.6) is 5.75 Å². The molecule has 3 rings (SSSR count). The third kappa shape index (κ3) is 1.89. The number of Topliss-reactive ketones (excluding diaryl/α,β-unsaturated/α-hetero) is 1. The first kappa shape index (κ1) is 12.7. The molecule has 10 heteroatoms. The second kappa shape index (κ2) is 4.67. The number of methoxy groups -OCH3 is 1. The summed E-state index contributed by atoms with van der Waals surface area (Å²) < 4.78 is 6.43. The van der Waals surface area contributed by atoms with Gasteiger partial charge in [-0.3, -0.25) is 4.79 Å². The van der Waals surface area contributed by atoms with E-state index in [1.54, 1.807) is 0 Å². The van der Waals surface area contributed by atoms with Gasteiger partial charge in [0.1, 0.15) is 12.1 Å². The summed E-state index contributed by atoms with van der Waals surface area (Å²) in [7, 11) is 1.40. The quantitative estimate of drug-likeness (QED) is 0.498. The van der Waals surface area contributed by atoms with Gasteiger partial charge in [0.05, 0.1) is 29.8 Å². The number of carboxylic acid groups (broad SMARTS) is 1. The summed E-state index contributed by atoms with van der Waals surface area (Å²) in [6.45, 7) is 0. The van der Waals surface area contributed by atoms with Gasteiger partial charge in [-0.05, 0) is 10.4 Å². The molecular formula is C11H8N6O4. The van der Waals surface area contributed by atoms with Crippen LogP contribution in [0.4, 0.5) is 0 Å². The molecule has 3 heterocycles. The van der Waals surface area contributed by atoms with Gasteiger partial charge in [0, 0.05) is 6.20 Å². The van der Waals surface area contributed by atoms with Gasteiger partial charge >= 0.3 is 5.97 Å². The van der Waals surface area contributed by atoms with Gasteiger partial charge in [0.15, 0.2) is 5.82 Å². The summed E-state index contributed by atoms with van der Waals surface area (Å²) in [5.74, 6) is -2.01. The molecule has 0 aromatic carbocycles. The van der Waals surface area contributed by atoms with E-state index >= 15 is 0 Å². The molecule has 106 valence electrons. The molecule has 10 nitrogen and oxygen atoms in total. The van der Waals surface area contributed by atoms with Crippen LogP contribution in [0.15, 0.2) is 18.7 Å². The number of H-pyrrole nitrogens is 1. The number of pyridine rings is 1. The van der Waals surface area contributed by atoms with Gasteiger partial charge in [0.25, 0.3) is 5.78 Å². The van der Waals surface area contributed by atoms with Crippen molar-refractivity contribution in [2.45, 2.75) is 0 Å². The van der Waals surface area contributed by atoms with Gasteiger partial charge in [-0.25, -0.2) is 9.78 Å². The number of tetrazole rings is 1. The summed E-state index contributed by atoms with van der Waals surface area (Å²) in [4.78, 5) is 29.6. The highest BCUT2D eigenvalue weighted by Crippen LogP contribution is 2.31. The number of aromatic nitrogens is 6. The fourth-order valence-corrected chi connectivity index (χ4v) is 1.99. The summed E-state index contributed by atoms with van der Waals surface area (Å²) in [5, 5.41) is 19.9. The molecule has 0 aliphatic heterocycles. The molecule has 2 N–H and O–H groups in total. The third-order valence-electron chi connectivity index (χ3n) is 2.88. The lowest BCUT2D eigenvalue weighted by Crippen LogP contribution is -2.12. The van der Waals surface area contributed by atoms with Crippen LogP contribution in [0.3, 0.4) is 0 Å². The number of carbonyl (C=O) groups excluding carboxylic acids is 1. The van der Waals surface area contributed by atoms with E-state index < -0.39 is 11.8 Å². The predicted octanol–water partition coefficient (Wildman–Crippen LogP) is -0.186. The standard InChI is InChI=1S/C11H8N6O4/c1-21-6-3-13-10(17-4-14-15-16-17)8-7(6)5(2-12-8)9(18)11(19)20/h2-4,12H,1H3,(H,19,20). The predicted molar refractivity (Wildman–Crippen MR) is 67.3 cm³/mol. The fraction of sp³-hybridized carbons (Fsp3) is 0.0909. The number of ketones is 1. The highest BCUT2D eigenvalue weighted by atomic mass is 16.5. The Balaban J connectivity index is 2.32. The SMILES string of the molecule is COc1cnc(-n2cnnn2)c2[nH]cc(C(=O)C(=O)O)c12. The van der Waals surface area contributed by atoms with Crippen LogP contribution in [-0.2, 0) is 4.79 Å². The zero-order valence-electron chi connectivity index (χ0n) is 10.6. The molecule has 0 aliphatic carbocycles. The molecule has 0 radical (unpaired) electrons. The van der Waals surface area contributed by atoms with E-state index in [2.05, 4.69) is 25.5 Å². The molecule has 3 aromatic heterocycles. The van der Waals surface area contributed by atoms with Crippen LogP contribution in [0.25, 0.3) is 16.7 Å². The van der Waals surface area contributed by atoms with Crippen molar-refractivity contribution in [2.24, 2.45) is 0 Å². The Morgan fingerprint density at radius 3 is 2.86 bits per heavy atom. The van der Waals surface area contributed by atoms with E-state index in [4.69, 9.17) is 9.84 Å². The van der Waals surface area contributed by atoms with E-state index in [0.29, 0.717) is 16.7 Å². The lowest BCUT2D eigenvalue weighted by Gasteiger charge is -2.06. The van der Waals surface area contributed by atoms with Gasteiger partial charge in [-0.1, -0.05) is 0 Å². The van der Waals surface area contributed by atoms with Gasteiger partial charge in [-0.2, -0.15) is 4.68 Å². The Morgan fingerprint density at radius 1 is 1.43 bits per heavy atom. The first-order valence-electron chi connectivity index (χ1n) is 5.68. The van der Waals surface area contributed by atoms with E-state index in [-0.39, 0.29) is 11.3 Å². The van der Waals surface area contributed by atoms with Crippen molar-refractivity contribution in [2.75, 3.05) is 7.11 Å². The van der Waals surface area contributed by atoms with Crippen LogP contribution in [-0.4, -0.2) is 54.1 Å². The molecule has 0 saturated carbocycles. The first-order chi connectivity index (χ1) is 10.1. The molecule has 0 amide bonds. The third-order valence-corrected chi connectivity index (χ3v) is 2.88. The van der Waals surface area contributed by atoms with Crippen molar-refractivity contribution in [3.05, 3.63) is 24.3 Å². The van der Waals surface area contributed by atoms with Crippen molar-refractivity contribution < 1.29 is 19.4 Å². The number of hydrogen-bond donors (Lipinski definition) is 2. The van der Waals surface area contributed by atoms with E-state index in [0.717, 1.165) is 0 Å². The van der Waals surface area contributed by atoms with E-state index in [1.807, 2.05) is 0 Å². The maximum Gasteiger partial charge on any atom is 0.377 e. The minimum absolute atomic E-state index is 0.0222. The molecule has 21 heavy (non-hydrogen) atoms. The molecule has 0 aliphatic rings. The number of rotatable bonds is 4. The van der Waals surface area contributed by atoms with Gasteiger partial charge in [-0.15, -0.1) is 5.10 Å². The number of hydrogen-bond acceptors (Lipinski definition) is 7. The Labute approximate surface area is 116 Å². The van der Waals surface area contributed by atoms with Gasteiger partial charge in [0.2, 0.25) is 0 Å². The number of aliphatic carboxylic acids is 1. The maximum atomic E-state index is 11.7. The number of fused-ring (bicyclic) bond motifs is 1.